The first-order chi connectivity index (χ1) is 9.51. The van der Waals surface area contributed by atoms with Gasteiger partial charge in [0.25, 0.3) is 0 Å². The third kappa shape index (κ3) is 3.14. The summed E-state index contributed by atoms with van der Waals surface area (Å²) < 4.78 is 7.02. The number of hydrogen-bond acceptors (Lipinski definition) is 4. The van der Waals surface area contributed by atoms with Crippen LogP contribution < -0.4 is 5.73 Å². The van der Waals surface area contributed by atoms with E-state index in [1.807, 2.05) is 11.5 Å². The molecule has 20 heavy (non-hydrogen) atoms. The number of carbonyl (C=O) groups is 1. The summed E-state index contributed by atoms with van der Waals surface area (Å²) in [6.45, 7) is 10.6. The van der Waals surface area contributed by atoms with Gasteiger partial charge in [-0.05, 0) is 19.8 Å². The van der Waals surface area contributed by atoms with Crippen molar-refractivity contribution in [1.29, 1.82) is 0 Å². The largest absolute Gasteiger partial charge is 0.461 e. The summed E-state index contributed by atoms with van der Waals surface area (Å²) in [6.07, 6.45) is 2.90. The first-order valence-electron chi connectivity index (χ1n) is 7.55. The van der Waals surface area contributed by atoms with Crippen LogP contribution in [0.4, 0.5) is 5.82 Å². The van der Waals surface area contributed by atoms with Crippen LogP contribution in [0.2, 0.25) is 0 Å². The van der Waals surface area contributed by atoms with Crippen LogP contribution in [0.1, 0.15) is 69.8 Å². The normalized spacial score (nSPS) is 12.7. The smallest absolute Gasteiger partial charge is 0.360 e. The van der Waals surface area contributed by atoms with E-state index in [-0.39, 0.29) is 11.7 Å². The Bertz CT molecular complexity index is 450. The minimum Gasteiger partial charge on any atom is -0.461 e. The van der Waals surface area contributed by atoms with Gasteiger partial charge in [-0.2, -0.15) is 0 Å². The first-order valence-corrected chi connectivity index (χ1v) is 7.55. The highest BCUT2D eigenvalue weighted by molar-refractivity contribution is 5.92. The number of anilines is 1. The molecule has 0 spiro atoms. The zero-order chi connectivity index (χ0) is 15.3. The molecule has 5 nitrogen and oxygen atoms in total. The number of rotatable bonds is 7. The van der Waals surface area contributed by atoms with Gasteiger partial charge in [0.05, 0.1) is 6.61 Å². The molecule has 0 aliphatic heterocycles. The van der Waals surface area contributed by atoms with Crippen molar-refractivity contribution in [2.45, 2.75) is 59.9 Å². The van der Waals surface area contributed by atoms with E-state index in [4.69, 9.17) is 10.5 Å². The maximum atomic E-state index is 11.9. The van der Waals surface area contributed by atoms with Gasteiger partial charge in [-0.25, -0.2) is 9.78 Å². The molecule has 1 unspecified atom stereocenters. The number of imidazole rings is 1. The summed E-state index contributed by atoms with van der Waals surface area (Å²) in [5.41, 5.74) is 6.41. The Morgan fingerprint density at radius 2 is 1.90 bits per heavy atom. The van der Waals surface area contributed by atoms with Crippen LogP contribution in [-0.4, -0.2) is 22.1 Å². The Hall–Kier alpha value is -1.52. The summed E-state index contributed by atoms with van der Waals surface area (Å²) >= 11 is 0. The van der Waals surface area contributed by atoms with Crippen LogP contribution in [0.5, 0.6) is 0 Å². The Balaban J connectivity index is 3.21. The van der Waals surface area contributed by atoms with Gasteiger partial charge in [0.2, 0.25) is 0 Å². The van der Waals surface area contributed by atoms with Gasteiger partial charge in [-0.1, -0.05) is 33.6 Å². The summed E-state index contributed by atoms with van der Waals surface area (Å²) in [6, 6.07) is 0.232. The van der Waals surface area contributed by atoms with Gasteiger partial charge >= 0.3 is 5.97 Å². The van der Waals surface area contributed by atoms with E-state index in [1.165, 1.54) is 0 Å². The van der Waals surface area contributed by atoms with E-state index in [0.29, 0.717) is 18.3 Å². The number of nitrogens with zero attached hydrogens (tertiary/aromatic N) is 2. The lowest BCUT2D eigenvalue weighted by Crippen LogP contribution is -2.20. The van der Waals surface area contributed by atoms with Gasteiger partial charge in [0, 0.05) is 12.5 Å². The van der Waals surface area contributed by atoms with E-state index < -0.39 is 5.97 Å². The molecule has 0 saturated carbocycles. The van der Waals surface area contributed by atoms with E-state index in [0.717, 1.165) is 25.1 Å². The molecule has 1 atom stereocenters. The summed E-state index contributed by atoms with van der Waals surface area (Å²) in [5, 5.41) is 0. The number of nitrogens with two attached hydrogens (primary N) is 1. The summed E-state index contributed by atoms with van der Waals surface area (Å²) in [5.74, 6) is 1.37. The second kappa shape index (κ2) is 7.31. The standard InChI is InChI=1S/C15H27N3O2/c1-6-11(7-2)10(5)18-12(8-3)17-13(14(18)16)15(19)20-9-4/h10-11H,6-9,16H2,1-5H3. The molecule has 5 heteroatoms. The van der Waals surface area contributed by atoms with Crippen molar-refractivity contribution in [3.8, 4) is 0 Å². The molecule has 1 rings (SSSR count). The van der Waals surface area contributed by atoms with Crippen LogP contribution >= 0.6 is 0 Å². The molecule has 0 fully saturated rings. The SMILES string of the molecule is CCOC(=O)c1nc(CC)n(C(C)C(CC)CC)c1N. The monoisotopic (exact) mass is 281 g/mol. The minimum atomic E-state index is -0.435. The van der Waals surface area contributed by atoms with Crippen LogP contribution in [0.3, 0.4) is 0 Å². The third-order valence-electron chi connectivity index (χ3n) is 3.94. The van der Waals surface area contributed by atoms with E-state index in [1.54, 1.807) is 6.92 Å². The van der Waals surface area contributed by atoms with Gasteiger partial charge in [0.15, 0.2) is 5.69 Å². The average Bonchev–Trinajstić information content (AvgIpc) is 2.77. The summed E-state index contributed by atoms with van der Waals surface area (Å²) in [7, 11) is 0. The molecule has 0 saturated heterocycles. The lowest BCUT2D eigenvalue weighted by Gasteiger charge is -2.25. The number of esters is 1. The minimum absolute atomic E-state index is 0.232. The molecule has 0 aromatic carbocycles. The van der Waals surface area contributed by atoms with Crippen molar-refractivity contribution < 1.29 is 9.53 Å². The van der Waals surface area contributed by atoms with Crippen molar-refractivity contribution in [1.82, 2.24) is 9.55 Å². The Kier molecular flexibility index (Phi) is 6.05. The average molecular weight is 281 g/mol. The van der Waals surface area contributed by atoms with Crippen molar-refractivity contribution >= 4 is 11.8 Å². The van der Waals surface area contributed by atoms with Crippen LogP contribution in [0.25, 0.3) is 0 Å². The maximum absolute atomic E-state index is 11.9. The molecular weight excluding hydrogens is 254 g/mol. The summed E-state index contributed by atoms with van der Waals surface area (Å²) in [4.78, 5) is 16.3. The molecular formula is C15H27N3O2. The predicted octanol–water partition coefficient (Wildman–Crippen LogP) is 3.20. The molecule has 114 valence electrons. The molecule has 0 radical (unpaired) electrons. The van der Waals surface area contributed by atoms with Crippen molar-refractivity contribution in [2.24, 2.45) is 5.92 Å². The second-order valence-corrected chi connectivity index (χ2v) is 5.02. The van der Waals surface area contributed by atoms with Crippen molar-refractivity contribution in [3.05, 3.63) is 11.5 Å². The third-order valence-corrected chi connectivity index (χ3v) is 3.94. The molecule has 1 heterocycles. The van der Waals surface area contributed by atoms with Gasteiger partial charge in [-0.15, -0.1) is 0 Å². The first kappa shape index (κ1) is 16.5. The molecule has 1 aromatic heterocycles. The predicted molar refractivity (Wildman–Crippen MR) is 80.8 cm³/mol. The fraction of sp³-hybridized carbons (Fsp3) is 0.733. The number of carbonyl (C=O) groups excluding carboxylic acids is 1. The topological polar surface area (TPSA) is 70.1 Å². The Morgan fingerprint density at radius 3 is 2.35 bits per heavy atom. The number of nitrogen functional groups attached to an aromatic ring is 1. The van der Waals surface area contributed by atoms with Crippen molar-refractivity contribution in [2.75, 3.05) is 12.3 Å². The van der Waals surface area contributed by atoms with E-state index >= 15 is 0 Å². The Labute approximate surface area is 121 Å². The number of hydrogen-bond donors (Lipinski definition) is 1. The highest BCUT2D eigenvalue weighted by Crippen LogP contribution is 2.30. The molecule has 0 bridgehead atoms. The Morgan fingerprint density at radius 1 is 1.30 bits per heavy atom. The van der Waals surface area contributed by atoms with Crippen LogP contribution in [-0.2, 0) is 11.2 Å². The van der Waals surface area contributed by atoms with Crippen LogP contribution in [0.15, 0.2) is 0 Å². The molecule has 0 amide bonds. The molecule has 0 aliphatic rings. The maximum Gasteiger partial charge on any atom is 0.360 e. The molecule has 2 N–H and O–H groups in total. The fourth-order valence-electron chi connectivity index (χ4n) is 2.73. The number of aromatic nitrogens is 2. The second-order valence-electron chi connectivity index (χ2n) is 5.02. The number of aryl methyl sites for hydroxylation is 1. The lowest BCUT2D eigenvalue weighted by atomic mass is 9.95. The van der Waals surface area contributed by atoms with Crippen LogP contribution in [0, 0.1) is 5.92 Å². The van der Waals surface area contributed by atoms with Gasteiger partial charge in [0.1, 0.15) is 11.6 Å². The fourth-order valence-corrected chi connectivity index (χ4v) is 2.73. The van der Waals surface area contributed by atoms with Gasteiger partial charge < -0.3 is 15.0 Å². The lowest BCUT2D eigenvalue weighted by molar-refractivity contribution is 0.0521. The van der Waals surface area contributed by atoms with E-state index in [9.17, 15) is 4.79 Å². The molecule has 0 aliphatic carbocycles. The zero-order valence-corrected chi connectivity index (χ0v) is 13.3. The molecule has 1 aromatic rings. The number of ether oxygens (including phenoxy) is 1. The van der Waals surface area contributed by atoms with E-state index in [2.05, 4.69) is 25.8 Å². The quantitative estimate of drug-likeness (QED) is 0.779. The van der Waals surface area contributed by atoms with Gasteiger partial charge in [-0.3, -0.25) is 0 Å². The highest BCUT2D eigenvalue weighted by atomic mass is 16.5. The van der Waals surface area contributed by atoms with Crippen molar-refractivity contribution in [3.63, 3.8) is 0 Å². The zero-order valence-electron chi connectivity index (χ0n) is 13.3. The highest BCUT2D eigenvalue weighted by Gasteiger charge is 2.26.